The number of amides is 1. The van der Waals surface area contributed by atoms with E-state index in [0.717, 1.165) is 24.4 Å². The molecule has 4 aromatic rings. The van der Waals surface area contributed by atoms with E-state index < -0.39 is 41.3 Å². The van der Waals surface area contributed by atoms with Crippen LogP contribution >= 0.6 is 0 Å². The van der Waals surface area contributed by atoms with Gasteiger partial charge in [-0.05, 0) is 22.1 Å². The number of nitrogens with zero attached hydrogens (tertiary/aromatic N) is 6. The summed E-state index contributed by atoms with van der Waals surface area (Å²) in [7, 11) is 0. The summed E-state index contributed by atoms with van der Waals surface area (Å²) in [6.45, 7) is 0. The maximum Gasteiger partial charge on any atom is 0.419 e. The van der Waals surface area contributed by atoms with Gasteiger partial charge >= 0.3 is 6.18 Å². The van der Waals surface area contributed by atoms with Crippen molar-refractivity contribution < 1.29 is 26.7 Å². The third-order valence-corrected chi connectivity index (χ3v) is 4.46. The molecule has 0 spiro atoms. The van der Waals surface area contributed by atoms with Crippen LogP contribution < -0.4 is 5.32 Å². The molecule has 0 fully saturated rings. The summed E-state index contributed by atoms with van der Waals surface area (Å²) in [6.07, 6.45) is -1.29. The van der Waals surface area contributed by atoms with Crippen molar-refractivity contribution in [3.8, 4) is 5.82 Å². The second-order valence-corrected chi connectivity index (χ2v) is 6.83. The molecular weight excluding hydrogens is 451 g/mol. The number of tetrazole rings is 1. The normalized spacial score (nSPS) is 11.5. The number of carbonyl (C=O) groups excluding carboxylic acids is 1. The number of aromatic amines is 1. The van der Waals surface area contributed by atoms with Crippen LogP contribution in [0.5, 0.6) is 0 Å². The molecule has 0 radical (unpaired) electrons. The highest BCUT2D eigenvalue weighted by Crippen LogP contribution is 2.32. The number of imidazole rings is 1. The molecule has 0 saturated carbocycles. The molecule has 0 aliphatic rings. The van der Waals surface area contributed by atoms with Gasteiger partial charge in [-0.15, -0.1) is 5.10 Å². The number of alkyl halides is 3. The highest BCUT2D eigenvalue weighted by atomic mass is 19.4. The number of hydrogen-bond donors (Lipinski definition) is 2. The number of anilines is 1. The fourth-order valence-corrected chi connectivity index (χ4v) is 3.00. The number of pyridine rings is 1. The van der Waals surface area contributed by atoms with Crippen LogP contribution in [0.1, 0.15) is 22.6 Å². The van der Waals surface area contributed by atoms with Crippen LogP contribution in [0.4, 0.5) is 27.6 Å². The van der Waals surface area contributed by atoms with Crippen molar-refractivity contribution in [2.75, 3.05) is 5.32 Å². The van der Waals surface area contributed by atoms with Crippen molar-refractivity contribution in [3.63, 3.8) is 0 Å². The maximum absolute atomic E-state index is 14.6. The lowest BCUT2D eigenvalue weighted by Gasteiger charge is -2.11. The van der Waals surface area contributed by atoms with Gasteiger partial charge in [0.25, 0.3) is 0 Å². The van der Waals surface area contributed by atoms with Crippen LogP contribution in [0.25, 0.3) is 5.82 Å². The van der Waals surface area contributed by atoms with Crippen molar-refractivity contribution in [2.45, 2.75) is 19.0 Å². The standard InChI is InChI=1S/C19H13F5N8O/c20-14-5-11(27-16(33)4-10-2-1-3-13(17(10)21)19(22,23)24)7-25-18(14)32-8-12(26-9-32)6-15-28-30-31-29-15/h1-3,5,7-9H,4,6H2,(H,27,33)(H,28,29,30,31). The minimum absolute atomic E-state index is 0.0540. The Morgan fingerprint density at radius 1 is 1.18 bits per heavy atom. The first kappa shape index (κ1) is 22.0. The molecule has 14 heteroatoms. The molecule has 0 saturated heterocycles. The molecule has 0 aliphatic carbocycles. The third kappa shape index (κ3) is 4.99. The lowest BCUT2D eigenvalue weighted by Crippen LogP contribution is -2.17. The Morgan fingerprint density at radius 2 is 2.00 bits per heavy atom. The minimum Gasteiger partial charge on any atom is -0.324 e. The van der Waals surface area contributed by atoms with E-state index in [2.05, 4.69) is 35.9 Å². The molecule has 0 aliphatic heterocycles. The van der Waals surface area contributed by atoms with Gasteiger partial charge in [-0.3, -0.25) is 9.36 Å². The van der Waals surface area contributed by atoms with E-state index in [1.54, 1.807) is 0 Å². The van der Waals surface area contributed by atoms with Crippen LogP contribution in [0, 0.1) is 11.6 Å². The molecule has 9 nitrogen and oxygen atoms in total. The first-order valence-corrected chi connectivity index (χ1v) is 9.26. The molecule has 4 rings (SSSR count). The Balaban J connectivity index is 1.45. The number of rotatable bonds is 6. The van der Waals surface area contributed by atoms with E-state index in [1.165, 1.54) is 17.1 Å². The van der Waals surface area contributed by atoms with Gasteiger partial charge in [0.1, 0.15) is 12.1 Å². The van der Waals surface area contributed by atoms with Crippen LogP contribution in [0.15, 0.2) is 43.0 Å². The molecule has 0 bridgehead atoms. The van der Waals surface area contributed by atoms with Crippen molar-refractivity contribution in [3.05, 3.63) is 77.3 Å². The Bertz CT molecular complexity index is 1290. The van der Waals surface area contributed by atoms with Gasteiger partial charge in [-0.25, -0.2) is 23.8 Å². The first-order chi connectivity index (χ1) is 15.7. The summed E-state index contributed by atoms with van der Waals surface area (Å²) in [5, 5.41) is 15.5. The van der Waals surface area contributed by atoms with Crippen LogP contribution in [-0.2, 0) is 23.8 Å². The SMILES string of the molecule is O=C(Cc1cccc(C(F)(F)F)c1F)Nc1cnc(-n2cnc(Cc3nnn[nH]3)c2)c(F)c1. The molecule has 3 heterocycles. The van der Waals surface area contributed by atoms with Gasteiger partial charge in [0, 0.05) is 12.3 Å². The zero-order chi connectivity index (χ0) is 23.6. The Kier molecular flexibility index (Phi) is 5.81. The largest absolute Gasteiger partial charge is 0.419 e. The van der Waals surface area contributed by atoms with Crippen LogP contribution in [-0.4, -0.2) is 41.1 Å². The average Bonchev–Trinajstić information content (AvgIpc) is 3.41. The molecule has 0 atom stereocenters. The summed E-state index contributed by atoms with van der Waals surface area (Å²) in [5.41, 5.74) is -1.43. The highest BCUT2D eigenvalue weighted by Gasteiger charge is 2.34. The first-order valence-electron chi connectivity index (χ1n) is 9.26. The molecular formula is C19H13F5N8O. The lowest BCUT2D eigenvalue weighted by molar-refractivity contribution is -0.140. The van der Waals surface area contributed by atoms with E-state index in [9.17, 15) is 26.7 Å². The number of carbonyl (C=O) groups is 1. The summed E-state index contributed by atoms with van der Waals surface area (Å²) in [6, 6.07) is 3.63. The average molecular weight is 464 g/mol. The number of nitrogens with one attached hydrogen (secondary N) is 2. The van der Waals surface area contributed by atoms with Gasteiger partial charge in [0.15, 0.2) is 17.5 Å². The van der Waals surface area contributed by atoms with Gasteiger partial charge in [-0.2, -0.15) is 13.2 Å². The predicted octanol–water partition coefficient (Wildman–Crippen LogP) is 2.85. The second-order valence-electron chi connectivity index (χ2n) is 6.83. The predicted molar refractivity (Wildman–Crippen MR) is 102 cm³/mol. The van der Waals surface area contributed by atoms with E-state index in [-0.39, 0.29) is 17.9 Å². The summed E-state index contributed by atoms with van der Waals surface area (Å²) >= 11 is 0. The number of aromatic nitrogens is 7. The Labute approximate surface area is 181 Å². The fraction of sp³-hybridized carbons (Fsp3) is 0.158. The molecule has 1 amide bonds. The van der Waals surface area contributed by atoms with Gasteiger partial charge < -0.3 is 5.32 Å². The maximum atomic E-state index is 14.6. The Hall–Kier alpha value is -4.23. The summed E-state index contributed by atoms with van der Waals surface area (Å²) in [4.78, 5) is 20.2. The van der Waals surface area contributed by atoms with Crippen LogP contribution in [0.2, 0.25) is 0 Å². The summed E-state index contributed by atoms with van der Waals surface area (Å²) < 4.78 is 68.5. The van der Waals surface area contributed by atoms with Gasteiger partial charge in [-0.1, -0.05) is 12.1 Å². The van der Waals surface area contributed by atoms with E-state index in [0.29, 0.717) is 17.6 Å². The topological polar surface area (TPSA) is 114 Å². The van der Waals surface area contributed by atoms with E-state index in [1.807, 2.05) is 0 Å². The summed E-state index contributed by atoms with van der Waals surface area (Å²) in [5.74, 6) is -2.82. The smallest absolute Gasteiger partial charge is 0.324 e. The quantitative estimate of drug-likeness (QED) is 0.424. The molecule has 2 N–H and O–H groups in total. The number of halogens is 5. The van der Waals surface area contributed by atoms with Gasteiger partial charge in [0.05, 0.1) is 36.0 Å². The lowest BCUT2D eigenvalue weighted by atomic mass is 10.1. The minimum atomic E-state index is -4.89. The second kappa shape index (κ2) is 8.72. The highest BCUT2D eigenvalue weighted by molar-refractivity contribution is 5.92. The molecule has 33 heavy (non-hydrogen) atoms. The number of benzene rings is 1. The van der Waals surface area contributed by atoms with E-state index >= 15 is 0 Å². The number of H-pyrrole nitrogens is 1. The van der Waals surface area contributed by atoms with Crippen molar-refractivity contribution in [2.24, 2.45) is 0 Å². The third-order valence-electron chi connectivity index (χ3n) is 4.46. The van der Waals surface area contributed by atoms with Crippen molar-refractivity contribution in [1.29, 1.82) is 0 Å². The zero-order valence-electron chi connectivity index (χ0n) is 16.4. The van der Waals surface area contributed by atoms with Crippen molar-refractivity contribution >= 4 is 11.6 Å². The van der Waals surface area contributed by atoms with Crippen LogP contribution in [0.3, 0.4) is 0 Å². The Morgan fingerprint density at radius 3 is 2.70 bits per heavy atom. The van der Waals surface area contributed by atoms with Gasteiger partial charge in [0.2, 0.25) is 5.91 Å². The molecule has 1 aromatic carbocycles. The molecule has 0 unspecified atom stereocenters. The molecule has 3 aromatic heterocycles. The van der Waals surface area contributed by atoms with E-state index in [4.69, 9.17) is 0 Å². The number of hydrogen-bond acceptors (Lipinski definition) is 6. The molecule has 170 valence electrons. The monoisotopic (exact) mass is 464 g/mol. The fourth-order valence-electron chi connectivity index (χ4n) is 3.00. The zero-order valence-corrected chi connectivity index (χ0v) is 16.4. The van der Waals surface area contributed by atoms with Crippen molar-refractivity contribution in [1.82, 2.24) is 35.2 Å².